The molecule has 1 aromatic carbocycles. The molecule has 0 radical (unpaired) electrons. The van der Waals surface area contributed by atoms with E-state index in [1.165, 1.54) is 25.7 Å². The fraction of sp³-hybridized carbons (Fsp3) is 0.533. The van der Waals surface area contributed by atoms with Crippen molar-refractivity contribution in [3.63, 3.8) is 0 Å². The average molecular weight is 248 g/mol. The van der Waals surface area contributed by atoms with Gasteiger partial charge in [0.1, 0.15) is 5.75 Å². The van der Waals surface area contributed by atoms with Gasteiger partial charge in [-0.15, -0.1) is 0 Å². The highest BCUT2D eigenvalue weighted by atomic mass is 16.5. The van der Waals surface area contributed by atoms with Gasteiger partial charge in [-0.3, -0.25) is 4.79 Å². The van der Waals surface area contributed by atoms with Crippen LogP contribution in [0.25, 0.3) is 0 Å². The zero-order chi connectivity index (χ0) is 12.8. The summed E-state index contributed by atoms with van der Waals surface area (Å²) in [6, 6.07) is 7.45. The van der Waals surface area contributed by atoms with E-state index in [1.807, 2.05) is 24.3 Å². The van der Waals surface area contributed by atoms with E-state index in [4.69, 9.17) is 9.84 Å². The van der Waals surface area contributed by atoms with E-state index < -0.39 is 5.97 Å². The Labute approximate surface area is 108 Å². The van der Waals surface area contributed by atoms with Gasteiger partial charge in [0.2, 0.25) is 0 Å². The first-order chi connectivity index (χ1) is 8.74. The van der Waals surface area contributed by atoms with Gasteiger partial charge in [0.15, 0.2) is 0 Å². The molecule has 1 aromatic rings. The van der Waals surface area contributed by atoms with E-state index in [0.29, 0.717) is 6.10 Å². The molecule has 0 spiro atoms. The van der Waals surface area contributed by atoms with Crippen LogP contribution in [-0.4, -0.2) is 17.2 Å². The number of hydrogen-bond acceptors (Lipinski definition) is 2. The third-order valence-corrected chi connectivity index (χ3v) is 3.36. The summed E-state index contributed by atoms with van der Waals surface area (Å²) in [5.74, 6) is 0.00210. The lowest BCUT2D eigenvalue weighted by molar-refractivity contribution is -0.136. The number of benzene rings is 1. The first kappa shape index (κ1) is 12.9. The van der Waals surface area contributed by atoms with Crippen LogP contribution < -0.4 is 4.74 Å². The van der Waals surface area contributed by atoms with Crippen molar-refractivity contribution in [3.05, 3.63) is 29.8 Å². The zero-order valence-electron chi connectivity index (χ0n) is 10.6. The van der Waals surface area contributed by atoms with Crippen molar-refractivity contribution < 1.29 is 14.6 Å². The third-order valence-electron chi connectivity index (χ3n) is 3.36. The van der Waals surface area contributed by atoms with Crippen molar-refractivity contribution in [3.8, 4) is 5.75 Å². The predicted molar refractivity (Wildman–Crippen MR) is 69.9 cm³/mol. The van der Waals surface area contributed by atoms with Crippen molar-refractivity contribution in [2.75, 3.05) is 0 Å². The lowest BCUT2D eigenvalue weighted by Gasteiger charge is -2.17. The van der Waals surface area contributed by atoms with Crippen molar-refractivity contribution in [1.82, 2.24) is 0 Å². The predicted octanol–water partition coefficient (Wildman–Crippen LogP) is 3.42. The highest BCUT2D eigenvalue weighted by molar-refractivity contribution is 5.70. The van der Waals surface area contributed by atoms with E-state index in [2.05, 4.69) is 0 Å². The Kier molecular flexibility index (Phi) is 4.62. The summed E-state index contributed by atoms with van der Waals surface area (Å²) in [5.41, 5.74) is 0.800. The molecule has 0 unspecified atom stereocenters. The van der Waals surface area contributed by atoms with Crippen molar-refractivity contribution in [2.45, 2.75) is 51.0 Å². The molecular weight excluding hydrogens is 228 g/mol. The smallest absolute Gasteiger partial charge is 0.307 e. The molecule has 3 nitrogen and oxygen atoms in total. The van der Waals surface area contributed by atoms with E-state index in [9.17, 15) is 4.79 Å². The fourth-order valence-corrected chi connectivity index (χ4v) is 2.46. The van der Waals surface area contributed by atoms with Gasteiger partial charge >= 0.3 is 5.97 Å². The van der Waals surface area contributed by atoms with E-state index in [1.54, 1.807) is 0 Å². The number of rotatable bonds is 4. The fourth-order valence-electron chi connectivity index (χ4n) is 2.46. The molecular formula is C15H20O3. The summed E-state index contributed by atoms with van der Waals surface area (Å²) >= 11 is 0. The van der Waals surface area contributed by atoms with Crippen LogP contribution in [0.5, 0.6) is 5.75 Å². The maximum absolute atomic E-state index is 10.7. The summed E-state index contributed by atoms with van der Waals surface area (Å²) in [4.78, 5) is 10.7. The number of hydrogen-bond donors (Lipinski definition) is 1. The second kappa shape index (κ2) is 6.43. The van der Waals surface area contributed by atoms with Gasteiger partial charge in [-0.05, 0) is 43.4 Å². The first-order valence-electron chi connectivity index (χ1n) is 6.71. The summed E-state index contributed by atoms with van der Waals surface area (Å²) in [5, 5.41) is 8.78. The SMILES string of the molecule is O=C(O)Cc1cccc(OC2CCCCCC2)c1. The molecule has 1 aliphatic rings. The van der Waals surface area contributed by atoms with Crippen LogP contribution in [-0.2, 0) is 11.2 Å². The minimum absolute atomic E-state index is 0.0574. The largest absolute Gasteiger partial charge is 0.490 e. The molecule has 0 heterocycles. The molecule has 0 amide bonds. The molecule has 1 N–H and O–H groups in total. The Morgan fingerprint density at radius 2 is 1.94 bits per heavy atom. The van der Waals surface area contributed by atoms with Crippen LogP contribution in [0, 0.1) is 0 Å². The van der Waals surface area contributed by atoms with Crippen LogP contribution in [0.15, 0.2) is 24.3 Å². The Balaban J connectivity index is 1.97. The van der Waals surface area contributed by atoms with E-state index in [-0.39, 0.29) is 6.42 Å². The second-order valence-electron chi connectivity index (χ2n) is 4.95. The molecule has 1 saturated carbocycles. The number of aliphatic carboxylic acids is 1. The van der Waals surface area contributed by atoms with Gasteiger partial charge in [-0.2, -0.15) is 0 Å². The molecule has 18 heavy (non-hydrogen) atoms. The Morgan fingerprint density at radius 1 is 1.22 bits per heavy atom. The summed E-state index contributed by atoms with van der Waals surface area (Å²) in [6.07, 6.45) is 7.66. The summed E-state index contributed by atoms with van der Waals surface area (Å²) in [7, 11) is 0. The van der Waals surface area contributed by atoms with Gasteiger partial charge in [0.05, 0.1) is 12.5 Å². The monoisotopic (exact) mass is 248 g/mol. The van der Waals surface area contributed by atoms with Crippen LogP contribution in [0.1, 0.15) is 44.1 Å². The molecule has 0 atom stereocenters. The van der Waals surface area contributed by atoms with Crippen LogP contribution >= 0.6 is 0 Å². The molecule has 0 aliphatic heterocycles. The van der Waals surface area contributed by atoms with Crippen LogP contribution in [0.3, 0.4) is 0 Å². The summed E-state index contributed by atoms with van der Waals surface area (Å²) in [6.45, 7) is 0. The average Bonchev–Trinajstić information content (AvgIpc) is 2.57. The number of carboxylic acids is 1. The van der Waals surface area contributed by atoms with Gasteiger partial charge in [-0.1, -0.05) is 25.0 Å². The molecule has 2 rings (SSSR count). The quantitative estimate of drug-likeness (QED) is 0.830. The number of carboxylic acid groups (broad SMARTS) is 1. The molecule has 0 saturated heterocycles. The first-order valence-corrected chi connectivity index (χ1v) is 6.71. The number of ether oxygens (including phenoxy) is 1. The van der Waals surface area contributed by atoms with Gasteiger partial charge in [-0.25, -0.2) is 0 Å². The summed E-state index contributed by atoms with van der Waals surface area (Å²) < 4.78 is 5.96. The maximum atomic E-state index is 10.7. The highest BCUT2D eigenvalue weighted by Crippen LogP contribution is 2.23. The van der Waals surface area contributed by atoms with Gasteiger partial charge < -0.3 is 9.84 Å². The zero-order valence-corrected chi connectivity index (χ0v) is 10.6. The standard InChI is InChI=1S/C15H20O3/c16-15(17)11-12-6-5-9-14(10-12)18-13-7-3-1-2-4-8-13/h5-6,9-10,13H,1-4,7-8,11H2,(H,16,17). The topological polar surface area (TPSA) is 46.5 Å². The van der Waals surface area contributed by atoms with Crippen molar-refractivity contribution in [2.24, 2.45) is 0 Å². The van der Waals surface area contributed by atoms with Crippen LogP contribution in [0.4, 0.5) is 0 Å². The lowest BCUT2D eigenvalue weighted by Crippen LogP contribution is -2.15. The van der Waals surface area contributed by atoms with E-state index in [0.717, 1.165) is 24.2 Å². The Bertz CT molecular complexity index is 392. The normalized spacial score (nSPS) is 17.1. The molecule has 1 aliphatic carbocycles. The molecule has 0 bridgehead atoms. The Hall–Kier alpha value is -1.51. The minimum Gasteiger partial charge on any atom is -0.490 e. The Morgan fingerprint density at radius 3 is 2.61 bits per heavy atom. The van der Waals surface area contributed by atoms with Crippen molar-refractivity contribution >= 4 is 5.97 Å². The molecule has 0 aromatic heterocycles. The molecule has 98 valence electrons. The third kappa shape index (κ3) is 4.06. The minimum atomic E-state index is -0.804. The highest BCUT2D eigenvalue weighted by Gasteiger charge is 2.13. The number of carbonyl (C=O) groups is 1. The van der Waals surface area contributed by atoms with Gasteiger partial charge in [0.25, 0.3) is 0 Å². The molecule has 3 heteroatoms. The van der Waals surface area contributed by atoms with E-state index >= 15 is 0 Å². The van der Waals surface area contributed by atoms with Crippen molar-refractivity contribution in [1.29, 1.82) is 0 Å². The maximum Gasteiger partial charge on any atom is 0.307 e. The van der Waals surface area contributed by atoms with Gasteiger partial charge in [0, 0.05) is 0 Å². The second-order valence-corrected chi connectivity index (χ2v) is 4.95. The lowest BCUT2D eigenvalue weighted by atomic mass is 10.1. The molecule has 1 fully saturated rings. The van der Waals surface area contributed by atoms with Crippen LogP contribution in [0.2, 0.25) is 0 Å².